The second kappa shape index (κ2) is 13.1. The van der Waals surface area contributed by atoms with Gasteiger partial charge in [0.05, 0.1) is 20.8 Å². The summed E-state index contributed by atoms with van der Waals surface area (Å²) in [5.41, 5.74) is 4.07. The van der Waals surface area contributed by atoms with Crippen molar-refractivity contribution in [3.63, 3.8) is 0 Å². The highest BCUT2D eigenvalue weighted by molar-refractivity contribution is 7.87. The number of nitrogens with one attached hydrogen (secondary N) is 1. The van der Waals surface area contributed by atoms with Gasteiger partial charge in [-0.2, -0.15) is 8.42 Å². The molecule has 0 aromatic heterocycles. The van der Waals surface area contributed by atoms with Crippen LogP contribution < -0.4 is 19.0 Å². The molecule has 0 radical (unpaired) electrons. The average Bonchev–Trinajstić information content (AvgIpc) is 3.01. The summed E-state index contributed by atoms with van der Waals surface area (Å²) in [7, 11) is -0.759. The third-order valence-corrected chi connectivity index (χ3v) is 8.64. The number of nitrogens with zero attached hydrogens (tertiary/aromatic N) is 1. The van der Waals surface area contributed by atoms with E-state index in [9.17, 15) is 13.2 Å². The summed E-state index contributed by atoms with van der Waals surface area (Å²) in [5.74, 6) is 1.47. The van der Waals surface area contributed by atoms with Gasteiger partial charge in [0.1, 0.15) is 10.6 Å². The zero-order valence-electron chi connectivity index (χ0n) is 23.7. The summed E-state index contributed by atoms with van der Waals surface area (Å²) in [6, 6.07) is 29.0. The number of ether oxygens (including phenoxy) is 2. The molecule has 4 aromatic carbocycles. The van der Waals surface area contributed by atoms with Gasteiger partial charge in [0.15, 0.2) is 11.5 Å². The van der Waals surface area contributed by atoms with Crippen molar-refractivity contribution >= 4 is 16.0 Å². The largest absolute Gasteiger partial charge is 0.493 e. The van der Waals surface area contributed by atoms with Crippen LogP contribution in [-0.4, -0.2) is 46.5 Å². The first kappa shape index (κ1) is 29.2. The molecule has 9 heteroatoms. The van der Waals surface area contributed by atoms with Gasteiger partial charge in [0.2, 0.25) is 5.91 Å². The Morgan fingerprint density at radius 3 is 2.29 bits per heavy atom. The van der Waals surface area contributed by atoms with E-state index >= 15 is 0 Å². The number of fused-ring (bicyclic) bond motifs is 1. The van der Waals surface area contributed by atoms with Crippen molar-refractivity contribution in [1.82, 2.24) is 10.2 Å². The van der Waals surface area contributed by atoms with Crippen molar-refractivity contribution in [2.45, 2.75) is 30.3 Å². The number of carbonyl (C=O) groups is 1. The number of hydrogen-bond acceptors (Lipinski definition) is 7. The maximum Gasteiger partial charge on any atom is 0.339 e. The van der Waals surface area contributed by atoms with Crippen LogP contribution >= 0.6 is 0 Å². The SMILES string of the molecule is COc1ccc(CC2c3ccc(OS(=O)(=O)c4ccccc4)cc3CCN2CC(=O)NCc2ccccc2)cc1OC. The quantitative estimate of drug-likeness (QED) is 0.249. The van der Waals surface area contributed by atoms with Gasteiger partial charge in [0.25, 0.3) is 0 Å². The van der Waals surface area contributed by atoms with Crippen LogP contribution in [0.1, 0.15) is 28.3 Å². The monoisotopic (exact) mass is 586 g/mol. The molecule has 1 aliphatic rings. The molecule has 218 valence electrons. The molecule has 4 aromatic rings. The zero-order chi connectivity index (χ0) is 29.5. The van der Waals surface area contributed by atoms with Crippen LogP contribution in [0.15, 0.2) is 102 Å². The Bertz CT molecular complexity index is 1630. The highest BCUT2D eigenvalue weighted by Gasteiger charge is 2.30. The first-order valence-electron chi connectivity index (χ1n) is 13.7. The molecule has 1 unspecified atom stereocenters. The number of methoxy groups -OCH3 is 2. The molecule has 1 aliphatic heterocycles. The van der Waals surface area contributed by atoms with Crippen molar-refractivity contribution in [3.8, 4) is 17.2 Å². The van der Waals surface area contributed by atoms with Crippen molar-refractivity contribution < 1.29 is 26.9 Å². The molecule has 1 heterocycles. The zero-order valence-corrected chi connectivity index (χ0v) is 24.5. The number of rotatable bonds is 11. The van der Waals surface area contributed by atoms with E-state index in [1.165, 1.54) is 12.1 Å². The van der Waals surface area contributed by atoms with E-state index in [0.717, 1.165) is 22.3 Å². The van der Waals surface area contributed by atoms with Crippen LogP contribution in [0.4, 0.5) is 0 Å². The predicted molar refractivity (Wildman–Crippen MR) is 160 cm³/mol. The molecule has 42 heavy (non-hydrogen) atoms. The van der Waals surface area contributed by atoms with Gasteiger partial charge in [-0.25, -0.2) is 0 Å². The highest BCUT2D eigenvalue weighted by Crippen LogP contribution is 2.37. The molecule has 0 saturated heterocycles. The maximum atomic E-state index is 13.0. The average molecular weight is 587 g/mol. The fraction of sp³-hybridized carbons (Fsp3) is 0.242. The van der Waals surface area contributed by atoms with E-state index < -0.39 is 10.1 Å². The summed E-state index contributed by atoms with van der Waals surface area (Å²) in [5, 5.41) is 3.03. The Kier molecular flexibility index (Phi) is 9.09. The van der Waals surface area contributed by atoms with E-state index in [4.69, 9.17) is 13.7 Å². The topological polar surface area (TPSA) is 94.2 Å². The van der Waals surface area contributed by atoms with Crippen molar-refractivity contribution in [2.75, 3.05) is 27.3 Å². The second-order valence-electron chi connectivity index (χ2n) is 10.1. The Labute approximate surface area is 247 Å². The molecule has 5 rings (SSSR count). The molecular weight excluding hydrogens is 552 g/mol. The lowest BCUT2D eigenvalue weighted by atomic mass is 9.88. The lowest BCUT2D eigenvalue weighted by molar-refractivity contribution is -0.123. The summed E-state index contributed by atoms with van der Waals surface area (Å²) in [6.45, 7) is 1.31. The first-order chi connectivity index (χ1) is 20.4. The third kappa shape index (κ3) is 6.92. The van der Waals surface area contributed by atoms with Crippen LogP contribution in [0.2, 0.25) is 0 Å². The fourth-order valence-corrected chi connectivity index (χ4v) is 6.19. The van der Waals surface area contributed by atoms with Gasteiger partial charge >= 0.3 is 10.1 Å². The van der Waals surface area contributed by atoms with Crippen LogP contribution in [0, 0.1) is 0 Å². The van der Waals surface area contributed by atoms with Gasteiger partial charge in [-0.3, -0.25) is 9.69 Å². The molecule has 0 saturated carbocycles. The van der Waals surface area contributed by atoms with Crippen molar-refractivity contribution in [3.05, 3.63) is 119 Å². The smallest absolute Gasteiger partial charge is 0.339 e. The summed E-state index contributed by atoms with van der Waals surface area (Å²) in [6.07, 6.45) is 1.26. The number of hydrogen-bond donors (Lipinski definition) is 1. The van der Waals surface area contributed by atoms with Crippen molar-refractivity contribution in [1.29, 1.82) is 0 Å². The summed E-state index contributed by atoms with van der Waals surface area (Å²) in [4.78, 5) is 15.3. The summed E-state index contributed by atoms with van der Waals surface area (Å²) >= 11 is 0. The Morgan fingerprint density at radius 1 is 0.857 bits per heavy atom. The standard InChI is InChI=1S/C33H34N2O6S/c1-39-31-16-13-25(20-32(31)40-2)19-30-29-15-14-27(41-42(37,38)28-11-7-4-8-12-28)21-26(29)17-18-35(30)23-33(36)34-22-24-9-5-3-6-10-24/h3-16,20-21,30H,17-19,22-23H2,1-2H3,(H,34,36). The predicted octanol–water partition coefficient (Wildman–Crippen LogP) is 4.93. The van der Waals surface area contributed by atoms with Crippen LogP contribution in [0.3, 0.4) is 0 Å². The van der Waals surface area contributed by atoms with Crippen LogP contribution in [-0.2, 0) is 34.3 Å². The van der Waals surface area contributed by atoms with E-state index in [2.05, 4.69) is 10.2 Å². The van der Waals surface area contributed by atoms with Gasteiger partial charge < -0.3 is 19.0 Å². The van der Waals surface area contributed by atoms with Crippen molar-refractivity contribution in [2.24, 2.45) is 0 Å². The minimum atomic E-state index is -3.96. The molecule has 0 bridgehead atoms. The lowest BCUT2D eigenvalue weighted by Crippen LogP contribution is -2.43. The Hall–Kier alpha value is -4.34. The van der Waals surface area contributed by atoms with E-state index in [-0.39, 0.29) is 29.1 Å². The summed E-state index contributed by atoms with van der Waals surface area (Å²) < 4.78 is 42.1. The molecule has 0 aliphatic carbocycles. The maximum absolute atomic E-state index is 13.0. The highest BCUT2D eigenvalue weighted by atomic mass is 32.2. The van der Waals surface area contributed by atoms with Crippen LogP contribution in [0.5, 0.6) is 17.2 Å². The van der Waals surface area contributed by atoms with Crippen LogP contribution in [0.25, 0.3) is 0 Å². The van der Waals surface area contributed by atoms with Gasteiger partial charge in [-0.1, -0.05) is 60.7 Å². The molecule has 1 N–H and O–H groups in total. The van der Waals surface area contributed by atoms with E-state index in [1.807, 2.05) is 54.6 Å². The normalized spacial score (nSPS) is 15.0. The minimum Gasteiger partial charge on any atom is -0.493 e. The third-order valence-electron chi connectivity index (χ3n) is 7.38. The fourth-order valence-electron chi connectivity index (χ4n) is 5.25. The van der Waals surface area contributed by atoms with Gasteiger partial charge in [-0.05, 0) is 71.5 Å². The molecule has 0 spiro atoms. The number of benzene rings is 4. The van der Waals surface area contributed by atoms with E-state index in [0.29, 0.717) is 37.4 Å². The minimum absolute atomic E-state index is 0.0616. The van der Waals surface area contributed by atoms with Gasteiger partial charge in [-0.15, -0.1) is 0 Å². The van der Waals surface area contributed by atoms with Gasteiger partial charge in [0, 0.05) is 19.1 Å². The Morgan fingerprint density at radius 2 is 1.57 bits per heavy atom. The molecule has 1 atom stereocenters. The molecular formula is C33H34N2O6S. The first-order valence-corrected chi connectivity index (χ1v) is 15.1. The lowest BCUT2D eigenvalue weighted by Gasteiger charge is -2.37. The number of amides is 1. The second-order valence-corrected chi connectivity index (χ2v) is 11.6. The Balaban J connectivity index is 1.39. The molecule has 8 nitrogen and oxygen atoms in total. The molecule has 1 amide bonds. The number of carbonyl (C=O) groups excluding carboxylic acids is 1. The van der Waals surface area contributed by atoms with E-state index in [1.54, 1.807) is 44.6 Å². The molecule has 0 fully saturated rings.